The third-order valence-corrected chi connectivity index (χ3v) is 4.19. The summed E-state index contributed by atoms with van der Waals surface area (Å²) < 4.78 is 27.7. The van der Waals surface area contributed by atoms with E-state index in [0.717, 1.165) is 0 Å². The van der Waals surface area contributed by atoms with Crippen molar-refractivity contribution < 1.29 is 13.6 Å². The number of ketones is 1. The summed E-state index contributed by atoms with van der Waals surface area (Å²) in [6, 6.07) is 12.8. The van der Waals surface area contributed by atoms with Crippen molar-refractivity contribution in [3.63, 3.8) is 0 Å². The van der Waals surface area contributed by atoms with E-state index in [1.807, 2.05) is 6.92 Å². The number of hydrogen-bond donors (Lipinski definition) is 0. The smallest absolute Gasteiger partial charge is 0.185 e. The van der Waals surface area contributed by atoms with Gasteiger partial charge in [0.25, 0.3) is 0 Å². The molecule has 0 amide bonds. The van der Waals surface area contributed by atoms with Crippen LogP contribution in [0.3, 0.4) is 0 Å². The van der Waals surface area contributed by atoms with Gasteiger partial charge in [-0.05, 0) is 43.0 Å². The van der Waals surface area contributed by atoms with Gasteiger partial charge in [0.15, 0.2) is 5.78 Å². The zero-order valence-corrected chi connectivity index (χ0v) is 13.4. The lowest BCUT2D eigenvalue weighted by Gasteiger charge is -2.22. The second-order valence-corrected chi connectivity index (χ2v) is 6.22. The number of benzene rings is 2. The van der Waals surface area contributed by atoms with Crippen LogP contribution in [0, 0.1) is 17.6 Å². The van der Waals surface area contributed by atoms with Gasteiger partial charge in [-0.1, -0.05) is 43.3 Å². The zero-order chi connectivity index (χ0) is 17.1. The van der Waals surface area contributed by atoms with Crippen LogP contribution < -0.4 is 0 Å². The van der Waals surface area contributed by atoms with Crippen molar-refractivity contribution in [1.29, 1.82) is 0 Å². The van der Waals surface area contributed by atoms with E-state index >= 15 is 0 Å². The molecule has 0 radical (unpaired) electrons. The summed E-state index contributed by atoms with van der Waals surface area (Å²) in [5, 5.41) is 0. The van der Waals surface area contributed by atoms with Gasteiger partial charge < -0.3 is 0 Å². The predicted octanol–water partition coefficient (Wildman–Crippen LogP) is 5.43. The lowest BCUT2D eigenvalue weighted by atomic mass is 9.80. The molecule has 0 saturated heterocycles. The highest BCUT2D eigenvalue weighted by molar-refractivity contribution is 6.14. The van der Waals surface area contributed by atoms with Crippen LogP contribution in [0.15, 0.2) is 59.7 Å². The minimum absolute atomic E-state index is 0.125. The lowest BCUT2D eigenvalue weighted by molar-refractivity contribution is -0.113. The van der Waals surface area contributed by atoms with E-state index in [9.17, 15) is 13.6 Å². The molecule has 2 aromatic rings. The molecule has 0 aromatic heterocycles. The number of carbonyl (C=O) groups excluding carboxylic acids is 1. The molecule has 0 atom stereocenters. The lowest BCUT2D eigenvalue weighted by Crippen LogP contribution is -2.18. The molecule has 0 unspecified atom stereocenters. The Morgan fingerprint density at radius 2 is 1.25 bits per heavy atom. The van der Waals surface area contributed by atoms with Crippen LogP contribution in [-0.2, 0) is 4.79 Å². The van der Waals surface area contributed by atoms with E-state index in [1.54, 1.807) is 48.6 Å². The monoisotopic (exact) mass is 324 g/mol. The number of rotatable bonds is 2. The Bertz CT molecular complexity index is 766. The van der Waals surface area contributed by atoms with Gasteiger partial charge in [0.1, 0.15) is 11.6 Å². The molecule has 3 heteroatoms. The van der Waals surface area contributed by atoms with Crippen LogP contribution in [0.4, 0.5) is 8.78 Å². The summed E-state index contributed by atoms with van der Waals surface area (Å²) in [7, 11) is 0. The van der Waals surface area contributed by atoms with Crippen LogP contribution in [-0.4, -0.2) is 5.78 Å². The Hall–Kier alpha value is -2.55. The molecule has 0 aliphatic heterocycles. The van der Waals surface area contributed by atoms with Gasteiger partial charge in [-0.15, -0.1) is 0 Å². The van der Waals surface area contributed by atoms with Gasteiger partial charge in [-0.2, -0.15) is 0 Å². The number of Topliss-reactive ketones (excluding diaryl/α,β-unsaturated/α-hetero) is 1. The first kappa shape index (κ1) is 16.3. The standard InChI is InChI=1S/C21H18F2O/c1-14-10-17(12-15-6-2-4-8-19(15)22)21(24)18(11-14)13-16-7-3-5-9-20(16)23/h2-9,12-14H,10-11H2,1H3. The number of hydrogen-bond acceptors (Lipinski definition) is 1. The Balaban J connectivity index is 1.98. The van der Waals surface area contributed by atoms with Crippen LogP contribution in [0.5, 0.6) is 0 Å². The van der Waals surface area contributed by atoms with Gasteiger partial charge in [0.05, 0.1) is 0 Å². The third-order valence-electron chi connectivity index (χ3n) is 4.19. The maximum atomic E-state index is 13.8. The minimum Gasteiger partial charge on any atom is -0.289 e. The van der Waals surface area contributed by atoms with Crippen LogP contribution in [0.25, 0.3) is 12.2 Å². The molecule has 0 heterocycles. The molecule has 2 aromatic carbocycles. The third kappa shape index (κ3) is 3.51. The average molecular weight is 324 g/mol. The van der Waals surface area contributed by atoms with Crippen molar-refractivity contribution in [2.45, 2.75) is 19.8 Å². The molecule has 1 aliphatic rings. The first-order chi connectivity index (χ1) is 11.5. The van der Waals surface area contributed by atoms with Crippen LogP contribution in [0.1, 0.15) is 30.9 Å². The minimum atomic E-state index is -0.351. The molecular formula is C21H18F2O. The molecule has 24 heavy (non-hydrogen) atoms. The molecular weight excluding hydrogens is 306 g/mol. The largest absolute Gasteiger partial charge is 0.289 e. The van der Waals surface area contributed by atoms with Gasteiger partial charge in [-0.25, -0.2) is 8.78 Å². The fraction of sp³-hybridized carbons (Fsp3) is 0.190. The normalized spacial score (nSPS) is 21.5. The van der Waals surface area contributed by atoms with Gasteiger partial charge >= 0.3 is 0 Å². The highest BCUT2D eigenvalue weighted by atomic mass is 19.1. The fourth-order valence-electron chi connectivity index (χ4n) is 3.02. The Labute approximate surface area is 140 Å². The Morgan fingerprint density at radius 1 is 0.833 bits per heavy atom. The van der Waals surface area contributed by atoms with Crippen LogP contribution in [0.2, 0.25) is 0 Å². The average Bonchev–Trinajstić information content (AvgIpc) is 2.56. The summed E-state index contributed by atoms with van der Waals surface area (Å²) in [6.07, 6.45) is 4.43. The molecule has 0 N–H and O–H groups in total. The molecule has 1 nitrogen and oxygen atoms in total. The zero-order valence-electron chi connectivity index (χ0n) is 13.4. The summed E-state index contributed by atoms with van der Waals surface area (Å²) in [6.45, 7) is 2.04. The molecule has 122 valence electrons. The van der Waals surface area contributed by atoms with Gasteiger partial charge in [0.2, 0.25) is 0 Å². The summed E-state index contributed by atoms with van der Waals surface area (Å²) in [5.41, 5.74) is 1.95. The number of carbonyl (C=O) groups is 1. The molecule has 0 bridgehead atoms. The maximum absolute atomic E-state index is 13.8. The quantitative estimate of drug-likeness (QED) is 0.673. The number of allylic oxidation sites excluding steroid dienone is 2. The number of halogens is 2. The van der Waals surface area contributed by atoms with Crippen LogP contribution >= 0.6 is 0 Å². The molecule has 0 spiro atoms. The van der Waals surface area contributed by atoms with Gasteiger partial charge in [-0.3, -0.25) is 4.79 Å². The van der Waals surface area contributed by atoms with E-state index < -0.39 is 0 Å². The molecule has 1 aliphatic carbocycles. The Morgan fingerprint density at radius 3 is 1.67 bits per heavy atom. The predicted molar refractivity (Wildman–Crippen MR) is 92.2 cm³/mol. The van der Waals surface area contributed by atoms with E-state index in [2.05, 4.69) is 0 Å². The first-order valence-electron chi connectivity index (χ1n) is 7.99. The second-order valence-electron chi connectivity index (χ2n) is 6.22. The highest BCUT2D eigenvalue weighted by Crippen LogP contribution is 2.32. The van der Waals surface area contributed by atoms with Crippen molar-refractivity contribution in [3.8, 4) is 0 Å². The van der Waals surface area contributed by atoms with E-state index in [4.69, 9.17) is 0 Å². The van der Waals surface area contributed by atoms with Crippen molar-refractivity contribution in [3.05, 3.63) is 82.4 Å². The topological polar surface area (TPSA) is 17.1 Å². The van der Waals surface area contributed by atoms with Gasteiger partial charge in [0, 0.05) is 22.3 Å². The highest BCUT2D eigenvalue weighted by Gasteiger charge is 2.25. The SMILES string of the molecule is CC1CC(=Cc2ccccc2F)C(=O)C(=Cc2ccccc2F)C1. The van der Waals surface area contributed by atoms with E-state index in [0.29, 0.717) is 35.1 Å². The molecule has 1 saturated carbocycles. The Kier molecular flexibility index (Phi) is 4.70. The fourth-order valence-corrected chi connectivity index (χ4v) is 3.02. The maximum Gasteiger partial charge on any atom is 0.185 e. The van der Waals surface area contributed by atoms with E-state index in [1.165, 1.54) is 12.1 Å². The van der Waals surface area contributed by atoms with E-state index in [-0.39, 0.29) is 23.3 Å². The summed E-state index contributed by atoms with van der Waals surface area (Å²) >= 11 is 0. The van der Waals surface area contributed by atoms with Crippen molar-refractivity contribution in [2.75, 3.05) is 0 Å². The van der Waals surface area contributed by atoms with Crippen molar-refractivity contribution in [1.82, 2.24) is 0 Å². The second kappa shape index (κ2) is 6.91. The summed E-state index contributed by atoms with van der Waals surface area (Å²) in [5.74, 6) is -0.579. The summed E-state index contributed by atoms with van der Waals surface area (Å²) in [4.78, 5) is 12.7. The molecule has 1 fully saturated rings. The van der Waals surface area contributed by atoms with Crippen molar-refractivity contribution >= 4 is 17.9 Å². The first-order valence-corrected chi connectivity index (χ1v) is 7.99. The molecule has 3 rings (SSSR count). The van der Waals surface area contributed by atoms with Crippen molar-refractivity contribution in [2.24, 2.45) is 5.92 Å².